The van der Waals surface area contributed by atoms with Crippen LogP contribution in [0, 0.1) is 6.92 Å². The molecule has 2 heterocycles. The summed E-state index contributed by atoms with van der Waals surface area (Å²) in [5.74, 6) is 0.366. The van der Waals surface area contributed by atoms with E-state index in [1.165, 1.54) is 0 Å². The molecule has 212 valence electrons. The Morgan fingerprint density at radius 1 is 0.878 bits per heavy atom. The van der Waals surface area contributed by atoms with Gasteiger partial charge in [-0.05, 0) is 62.6 Å². The van der Waals surface area contributed by atoms with E-state index >= 15 is 0 Å². The minimum atomic E-state index is -0.177. The zero-order chi connectivity index (χ0) is 28.8. The van der Waals surface area contributed by atoms with Crippen molar-refractivity contribution in [1.82, 2.24) is 19.8 Å². The minimum absolute atomic E-state index is 0.0684. The SMILES string of the molecule is Cc1cccc2c1N(C(=O)COc1ccccc1)CCCN(C(C)C)CCN(C(=O)c1cnc3ccccc3n1)C2. The maximum atomic E-state index is 13.9. The fraction of sp³-hybridized carbons (Fsp3) is 0.333. The first-order valence-corrected chi connectivity index (χ1v) is 14.2. The lowest BCUT2D eigenvalue weighted by Crippen LogP contribution is -2.41. The van der Waals surface area contributed by atoms with Crippen molar-refractivity contribution < 1.29 is 14.3 Å². The lowest BCUT2D eigenvalue weighted by atomic mass is 10.0. The van der Waals surface area contributed by atoms with E-state index in [0.717, 1.165) is 41.8 Å². The molecule has 0 spiro atoms. The monoisotopic (exact) mass is 551 g/mol. The highest BCUT2D eigenvalue weighted by Crippen LogP contribution is 2.29. The van der Waals surface area contributed by atoms with E-state index in [4.69, 9.17) is 4.74 Å². The summed E-state index contributed by atoms with van der Waals surface area (Å²) in [6.07, 6.45) is 2.36. The maximum Gasteiger partial charge on any atom is 0.274 e. The van der Waals surface area contributed by atoms with Crippen LogP contribution in [0.4, 0.5) is 5.69 Å². The molecule has 2 amide bonds. The molecular weight excluding hydrogens is 514 g/mol. The van der Waals surface area contributed by atoms with Gasteiger partial charge in [-0.1, -0.05) is 48.5 Å². The van der Waals surface area contributed by atoms with Gasteiger partial charge in [0.15, 0.2) is 6.61 Å². The first kappa shape index (κ1) is 28.2. The van der Waals surface area contributed by atoms with Crippen molar-refractivity contribution in [3.05, 3.63) is 95.8 Å². The number of para-hydroxylation sites is 4. The van der Waals surface area contributed by atoms with Crippen LogP contribution in [-0.2, 0) is 11.3 Å². The zero-order valence-corrected chi connectivity index (χ0v) is 24.0. The molecular formula is C33H37N5O3. The van der Waals surface area contributed by atoms with Crippen LogP contribution < -0.4 is 9.64 Å². The normalized spacial score (nSPS) is 14.9. The highest BCUT2D eigenvalue weighted by atomic mass is 16.5. The van der Waals surface area contributed by atoms with Crippen molar-refractivity contribution in [2.75, 3.05) is 37.7 Å². The third kappa shape index (κ3) is 6.72. The van der Waals surface area contributed by atoms with Crippen LogP contribution >= 0.6 is 0 Å². The summed E-state index contributed by atoms with van der Waals surface area (Å²) in [6, 6.07) is 23.2. The van der Waals surface area contributed by atoms with Crippen molar-refractivity contribution in [1.29, 1.82) is 0 Å². The Labute approximate surface area is 241 Å². The highest BCUT2D eigenvalue weighted by Gasteiger charge is 2.27. The number of aromatic nitrogens is 2. The molecule has 5 rings (SSSR count). The molecule has 1 aromatic heterocycles. The molecule has 1 aliphatic rings. The molecule has 0 radical (unpaired) electrons. The van der Waals surface area contributed by atoms with Crippen LogP contribution in [0.15, 0.2) is 79.0 Å². The molecule has 1 aliphatic heterocycles. The maximum absolute atomic E-state index is 13.9. The van der Waals surface area contributed by atoms with Crippen molar-refractivity contribution in [3.8, 4) is 5.75 Å². The van der Waals surface area contributed by atoms with Gasteiger partial charge in [-0.25, -0.2) is 4.98 Å². The molecule has 0 fully saturated rings. The zero-order valence-electron chi connectivity index (χ0n) is 24.0. The second kappa shape index (κ2) is 12.9. The molecule has 0 N–H and O–H groups in total. The van der Waals surface area contributed by atoms with Crippen molar-refractivity contribution in [3.63, 3.8) is 0 Å². The van der Waals surface area contributed by atoms with Gasteiger partial charge < -0.3 is 14.5 Å². The number of aryl methyl sites for hydroxylation is 1. The first-order valence-electron chi connectivity index (χ1n) is 14.2. The summed E-state index contributed by atoms with van der Waals surface area (Å²) in [5, 5.41) is 0. The number of fused-ring (bicyclic) bond motifs is 2. The number of nitrogens with zero attached hydrogens (tertiary/aromatic N) is 5. The molecule has 41 heavy (non-hydrogen) atoms. The molecule has 0 unspecified atom stereocenters. The number of hydrogen-bond donors (Lipinski definition) is 0. The Balaban J connectivity index is 1.49. The Hall–Kier alpha value is -4.30. The Morgan fingerprint density at radius 2 is 1.63 bits per heavy atom. The van der Waals surface area contributed by atoms with Gasteiger partial charge >= 0.3 is 0 Å². The summed E-state index contributed by atoms with van der Waals surface area (Å²) in [4.78, 5) is 42.8. The van der Waals surface area contributed by atoms with Gasteiger partial charge in [0.2, 0.25) is 0 Å². The van der Waals surface area contributed by atoms with Gasteiger partial charge in [0, 0.05) is 38.8 Å². The van der Waals surface area contributed by atoms with E-state index in [1.807, 2.05) is 89.5 Å². The molecule has 3 aromatic carbocycles. The van der Waals surface area contributed by atoms with Crippen LogP contribution in [0.25, 0.3) is 11.0 Å². The Bertz CT molecular complexity index is 1510. The van der Waals surface area contributed by atoms with Gasteiger partial charge in [0.25, 0.3) is 11.8 Å². The number of benzene rings is 3. The molecule has 0 atom stereocenters. The second-order valence-corrected chi connectivity index (χ2v) is 10.7. The highest BCUT2D eigenvalue weighted by molar-refractivity contribution is 5.97. The number of carbonyl (C=O) groups is 2. The lowest BCUT2D eigenvalue weighted by Gasteiger charge is -2.30. The number of hydrogen-bond acceptors (Lipinski definition) is 6. The molecule has 0 bridgehead atoms. The summed E-state index contributed by atoms with van der Waals surface area (Å²) >= 11 is 0. The number of anilines is 1. The quantitative estimate of drug-likeness (QED) is 0.343. The van der Waals surface area contributed by atoms with Crippen LogP contribution in [0.2, 0.25) is 0 Å². The summed E-state index contributed by atoms with van der Waals surface area (Å²) in [6.45, 7) is 9.23. The fourth-order valence-electron chi connectivity index (χ4n) is 5.32. The minimum Gasteiger partial charge on any atom is -0.484 e. The summed E-state index contributed by atoms with van der Waals surface area (Å²) in [7, 11) is 0. The summed E-state index contributed by atoms with van der Waals surface area (Å²) in [5.41, 5.74) is 4.49. The van der Waals surface area contributed by atoms with Crippen molar-refractivity contribution in [2.24, 2.45) is 0 Å². The lowest BCUT2D eigenvalue weighted by molar-refractivity contribution is -0.120. The van der Waals surface area contributed by atoms with Gasteiger partial charge in [-0.3, -0.25) is 19.5 Å². The number of carbonyl (C=O) groups excluding carboxylic acids is 2. The number of rotatable bonds is 5. The first-order chi connectivity index (χ1) is 19.9. The molecule has 0 aliphatic carbocycles. The molecule has 0 saturated heterocycles. The van der Waals surface area contributed by atoms with Gasteiger partial charge in [-0.2, -0.15) is 0 Å². The summed E-state index contributed by atoms with van der Waals surface area (Å²) < 4.78 is 5.86. The average molecular weight is 552 g/mol. The molecule has 4 aromatic rings. The van der Waals surface area contributed by atoms with E-state index in [2.05, 4.69) is 28.7 Å². The van der Waals surface area contributed by atoms with Crippen LogP contribution in [0.5, 0.6) is 5.75 Å². The van der Waals surface area contributed by atoms with Crippen molar-refractivity contribution in [2.45, 2.75) is 39.8 Å². The van der Waals surface area contributed by atoms with E-state index in [1.54, 1.807) is 6.20 Å². The van der Waals surface area contributed by atoms with Gasteiger partial charge in [0.05, 0.1) is 22.9 Å². The fourth-order valence-corrected chi connectivity index (χ4v) is 5.32. The van der Waals surface area contributed by atoms with Gasteiger partial charge in [0.1, 0.15) is 11.4 Å². The topological polar surface area (TPSA) is 78.9 Å². The molecule has 8 nitrogen and oxygen atoms in total. The predicted molar refractivity (Wildman–Crippen MR) is 161 cm³/mol. The van der Waals surface area contributed by atoms with Gasteiger partial charge in [-0.15, -0.1) is 0 Å². The average Bonchev–Trinajstić information content (AvgIpc) is 3.03. The Kier molecular flexibility index (Phi) is 8.89. The predicted octanol–water partition coefficient (Wildman–Crippen LogP) is 5.11. The van der Waals surface area contributed by atoms with E-state index in [-0.39, 0.29) is 18.4 Å². The second-order valence-electron chi connectivity index (χ2n) is 10.7. The van der Waals surface area contributed by atoms with Crippen LogP contribution in [-0.4, -0.2) is 70.4 Å². The third-order valence-corrected chi connectivity index (χ3v) is 7.53. The molecule has 8 heteroatoms. The van der Waals surface area contributed by atoms with E-state index < -0.39 is 0 Å². The number of amides is 2. The van der Waals surface area contributed by atoms with E-state index in [9.17, 15) is 9.59 Å². The molecule has 0 saturated carbocycles. The van der Waals surface area contributed by atoms with Crippen molar-refractivity contribution >= 4 is 28.5 Å². The van der Waals surface area contributed by atoms with E-state index in [0.29, 0.717) is 42.6 Å². The Morgan fingerprint density at radius 3 is 2.41 bits per heavy atom. The van der Waals surface area contributed by atoms with Crippen LogP contribution in [0.3, 0.4) is 0 Å². The number of ether oxygens (including phenoxy) is 1. The largest absolute Gasteiger partial charge is 0.484 e. The van der Waals surface area contributed by atoms with Crippen LogP contribution in [0.1, 0.15) is 41.9 Å². The third-order valence-electron chi connectivity index (χ3n) is 7.53. The smallest absolute Gasteiger partial charge is 0.274 e. The standard InChI is InChI=1S/C33H37N5O3/c1-24(2)36-17-10-18-38(31(39)23-41-27-13-5-4-6-14-27)32-25(3)11-9-12-26(32)22-37(20-19-36)33(40)30-21-34-28-15-7-8-16-29(28)35-30/h4-9,11-16,21,24H,10,17-20,22-23H2,1-3H3.